The van der Waals surface area contributed by atoms with E-state index < -0.39 is 0 Å². The molecule has 0 aliphatic carbocycles. The second-order valence-corrected chi connectivity index (χ2v) is 5.19. The number of carbonyl (C=O) groups is 1. The minimum atomic E-state index is -0.330. The molecule has 23 heavy (non-hydrogen) atoms. The van der Waals surface area contributed by atoms with Crippen LogP contribution in [0.1, 0.15) is 0 Å². The zero-order valence-electron chi connectivity index (χ0n) is 12.6. The number of anilines is 1. The molecular formula is C16H17FN4O2. The van der Waals surface area contributed by atoms with Gasteiger partial charge in [-0.15, -0.1) is 5.10 Å². The summed E-state index contributed by atoms with van der Waals surface area (Å²) in [6.07, 6.45) is 1.63. The minimum Gasteiger partial charge on any atom is -0.484 e. The average Bonchev–Trinajstić information content (AvgIpc) is 2.62. The fourth-order valence-corrected chi connectivity index (χ4v) is 2.41. The number of benzene rings is 1. The monoisotopic (exact) mass is 316 g/mol. The number of halogens is 1. The molecule has 0 saturated carbocycles. The molecule has 0 radical (unpaired) electrons. The molecule has 2 aromatic rings. The van der Waals surface area contributed by atoms with Crippen LogP contribution >= 0.6 is 0 Å². The Morgan fingerprint density at radius 1 is 1.13 bits per heavy atom. The lowest BCUT2D eigenvalue weighted by atomic mass is 10.3. The van der Waals surface area contributed by atoms with Crippen molar-refractivity contribution in [3.05, 3.63) is 48.4 Å². The number of aromatic nitrogens is 2. The van der Waals surface area contributed by atoms with Crippen LogP contribution in [0.25, 0.3) is 0 Å². The van der Waals surface area contributed by atoms with E-state index in [0.29, 0.717) is 31.9 Å². The molecule has 1 fully saturated rings. The van der Waals surface area contributed by atoms with Crippen LogP contribution in [-0.2, 0) is 4.79 Å². The lowest BCUT2D eigenvalue weighted by molar-refractivity contribution is -0.133. The van der Waals surface area contributed by atoms with E-state index in [1.165, 1.54) is 24.3 Å². The van der Waals surface area contributed by atoms with Crippen LogP contribution in [0.2, 0.25) is 0 Å². The Morgan fingerprint density at radius 3 is 2.52 bits per heavy atom. The van der Waals surface area contributed by atoms with Gasteiger partial charge in [0.2, 0.25) is 0 Å². The van der Waals surface area contributed by atoms with Crippen LogP contribution in [0.4, 0.5) is 10.2 Å². The molecule has 1 aliphatic heterocycles. The Hall–Kier alpha value is -2.70. The first kappa shape index (κ1) is 15.2. The molecule has 0 spiro atoms. The third kappa shape index (κ3) is 3.94. The van der Waals surface area contributed by atoms with Gasteiger partial charge in [-0.3, -0.25) is 4.79 Å². The number of rotatable bonds is 4. The highest BCUT2D eigenvalue weighted by Crippen LogP contribution is 2.13. The van der Waals surface area contributed by atoms with E-state index in [1.807, 2.05) is 12.1 Å². The molecule has 1 saturated heterocycles. The molecule has 7 heteroatoms. The summed E-state index contributed by atoms with van der Waals surface area (Å²) in [5.41, 5.74) is 0. The van der Waals surface area contributed by atoms with Crippen LogP contribution in [0.5, 0.6) is 5.75 Å². The molecular weight excluding hydrogens is 299 g/mol. The van der Waals surface area contributed by atoms with Gasteiger partial charge in [0.15, 0.2) is 12.4 Å². The summed E-state index contributed by atoms with van der Waals surface area (Å²) >= 11 is 0. The zero-order chi connectivity index (χ0) is 16.1. The van der Waals surface area contributed by atoms with E-state index in [0.717, 1.165) is 5.82 Å². The number of hydrogen-bond acceptors (Lipinski definition) is 5. The van der Waals surface area contributed by atoms with Crippen LogP contribution < -0.4 is 9.64 Å². The molecule has 1 aromatic heterocycles. The number of hydrogen-bond donors (Lipinski definition) is 0. The van der Waals surface area contributed by atoms with Crippen molar-refractivity contribution in [3.63, 3.8) is 0 Å². The van der Waals surface area contributed by atoms with Crippen LogP contribution in [0.3, 0.4) is 0 Å². The Balaban J connectivity index is 1.47. The van der Waals surface area contributed by atoms with Crippen molar-refractivity contribution in [1.29, 1.82) is 0 Å². The van der Waals surface area contributed by atoms with Crippen LogP contribution in [0, 0.1) is 5.82 Å². The second-order valence-electron chi connectivity index (χ2n) is 5.19. The first-order valence-electron chi connectivity index (χ1n) is 7.41. The smallest absolute Gasteiger partial charge is 0.260 e. The molecule has 0 unspecified atom stereocenters. The predicted octanol–water partition coefficient (Wildman–Crippen LogP) is 1.34. The van der Waals surface area contributed by atoms with Crippen molar-refractivity contribution in [2.24, 2.45) is 0 Å². The standard InChI is InChI=1S/C16H17FN4O2/c17-13-3-5-14(6-4-13)23-12-16(22)21-10-8-20(9-11-21)15-2-1-7-18-19-15/h1-7H,8-12H2. The van der Waals surface area contributed by atoms with Crippen molar-refractivity contribution < 1.29 is 13.9 Å². The van der Waals surface area contributed by atoms with Gasteiger partial charge < -0.3 is 14.5 Å². The summed E-state index contributed by atoms with van der Waals surface area (Å²) in [7, 11) is 0. The van der Waals surface area contributed by atoms with Gasteiger partial charge >= 0.3 is 0 Å². The molecule has 120 valence electrons. The first-order valence-corrected chi connectivity index (χ1v) is 7.41. The summed E-state index contributed by atoms with van der Waals surface area (Å²) in [6, 6.07) is 9.38. The van der Waals surface area contributed by atoms with E-state index in [-0.39, 0.29) is 18.3 Å². The summed E-state index contributed by atoms with van der Waals surface area (Å²) in [5, 5.41) is 7.94. The lowest BCUT2D eigenvalue weighted by Gasteiger charge is -2.35. The molecule has 0 atom stereocenters. The molecule has 1 amide bonds. The summed E-state index contributed by atoms with van der Waals surface area (Å²) in [5.74, 6) is 0.900. The third-order valence-corrected chi connectivity index (χ3v) is 3.69. The van der Waals surface area contributed by atoms with E-state index in [4.69, 9.17) is 4.74 Å². The minimum absolute atomic E-state index is 0.0449. The van der Waals surface area contributed by atoms with E-state index in [1.54, 1.807) is 11.1 Å². The highest BCUT2D eigenvalue weighted by Gasteiger charge is 2.22. The van der Waals surface area contributed by atoms with Gasteiger partial charge in [0, 0.05) is 32.4 Å². The first-order chi connectivity index (χ1) is 11.2. The van der Waals surface area contributed by atoms with E-state index in [2.05, 4.69) is 15.1 Å². The quantitative estimate of drug-likeness (QED) is 0.852. The molecule has 0 N–H and O–H groups in total. The van der Waals surface area contributed by atoms with E-state index in [9.17, 15) is 9.18 Å². The number of amides is 1. The Morgan fingerprint density at radius 2 is 1.87 bits per heavy atom. The number of carbonyl (C=O) groups excluding carboxylic acids is 1. The Kier molecular flexibility index (Phi) is 4.65. The largest absolute Gasteiger partial charge is 0.484 e. The fourth-order valence-electron chi connectivity index (χ4n) is 2.41. The topological polar surface area (TPSA) is 58.6 Å². The van der Waals surface area contributed by atoms with Crippen LogP contribution in [0.15, 0.2) is 42.6 Å². The highest BCUT2D eigenvalue weighted by molar-refractivity contribution is 5.78. The molecule has 2 heterocycles. The maximum absolute atomic E-state index is 12.8. The molecule has 0 bridgehead atoms. The predicted molar refractivity (Wildman–Crippen MR) is 82.7 cm³/mol. The number of piperazine rings is 1. The van der Waals surface area contributed by atoms with Gasteiger partial charge in [0.25, 0.3) is 5.91 Å². The number of ether oxygens (including phenoxy) is 1. The second kappa shape index (κ2) is 7.04. The van der Waals surface area contributed by atoms with Crippen LogP contribution in [-0.4, -0.2) is 53.8 Å². The van der Waals surface area contributed by atoms with Crippen molar-refractivity contribution in [2.75, 3.05) is 37.7 Å². The molecule has 1 aromatic carbocycles. The van der Waals surface area contributed by atoms with Crippen molar-refractivity contribution in [2.45, 2.75) is 0 Å². The summed E-state index contributed by atoms with van der Waals surface area (Å²) in [6.45, 7) is 2.60. The van der Waals surface area contributed by atoms with Gasteiger partial charge in [0.05, 0.1) is 0 Å². The Labute approximate surface area is 133 Å². The van der Waals surface area contributed by atoms with E-state index >= 15 is 0 Å². The van der Waals surface area contributed by atoms with Gasteiger partial charge in [-0.2, -0.15) is 5.10 Å². The molecule has 3 rings (SSSR count). The van der Waals surface area contributed by atoms with Gasteiger partial charge in [-0.1, -0.05) is 0 Å². The highest BCUT2D eigenvalue weighted by atomic mass is 19.1. The maximum atomic E-state index is 12.8. The molecule has 6 nitrogen and oxygen atoms in total. The maximum Gasteiger partial charge on any atom is 0.260 e. The number of nitrogens with zero attached hydrogens (tertiary/aromatic N) is 4. The van der Waals surface area contributed by atoms with Crippen molar-refractivity contribution in [3.8, 4) is 5.75 Å². The molecule has 1 aliphatic rings. The van der Waals surface area contributed by atoms with Gasteiger partial charge in [-0.05, 0) is 36.4 Å². The van der Waals surface area contributed by atoms with Gasteiger partial charge in [0.1, 0.15) is 11.6 Å². The zero-order valence-corrected chi connectivity index (χ0v) is 12.6. The normalized spacial score (nSPS) is 14.7. The Bertz CT molecular complexity index is 643. The average molecular weight is 316 g/mol. The third-order valence-electron chi connectivity index (χ3n) is 3.69. The summed E-state index contributed by atoms with van der Waals surface area (Å²) in [4.78, 5) is 16.0. The fraction of sp³-hybridized carbons (Fsp3) is 0.312. The SMILES string of the molecule is O=C(COc1ccc(F)cc1)N1CCN(c2cccnn2)CC1. The lowest BCUT2D eigenvalue weighted by Crippen LogP contribution is -2.50. The van der Waals surface area contributed by atoms with Crippen molar-refractivity contribution >= 4 is 11.7 Å². The van der Waals surface area contributed by atoms with Crippen molar-refractivity contribution in [1.82, 2.24) is 15.1 Å². The summed E-state index contributed by atoms with van der Waals surface area (Å²) < 4.78 is 18.2. The van der Waals surface area contributed by atoms with Gasteiger partial charge in [-0.25, -0.2) is 4.39 Å².